The molecule has 1 nitrogen and oxygen atoms in total. The zero-order valence-electron chi connectivity index (χ0n) is 40.5. The molecule has 0 unspecified atom stereocenters. The van der Waals surface area contributed by atoms with Crippen LogP contribution in [0.4, 0.5) is 0 Å². The van der Waals surface area contributed by atoms with Crippen LogP contribution >= 0.6 is 0 Å². The summed E-state index contributed by atoms with van der Waals surface area (Å²) in [7, 11) is 0. The Morgan fingerprint density at radius 1 is 0.318 bits per heavy atom. The summed E-state index contributed by atoms with van der Waals surface area (Å²) in [4.78, 5) is 0. The first-order valence-electron chi connectivity index (χ1n) is 24.8. The third-order valence-electron chi connectivity index (χ3n) is 13.7. The van der Waals surface area contributed by atoms with Gasteiger partial charge in [-0.3, -0.25) is 0 Å². The fourth-order valence-electron chi connectivity index (χ4n) is 11.0. The summed E-state index contributed by atoms with van der Waals surface area (Å²) in [6.07, 6.45) is 0. The molecule has 2 aromatic heterocycles. The van der Waals surface area contributed by atoms with E-state index < -0.39 is 6.04 Å². The van der Waals surface area contributed by atoms with Gasteiger partial charge in [0.25, 0.3) is 0 Å². The Bertz CT molecular complexity index is 4390. The second kappa shape index (κ2) is 14.8. The summed E-state index contributed by atoms with van der Waals surface area (Å²) >= 11 is 0.0669. The molecule has 0 amide bonds. The fraction of sp³-hybridized carbons (Fsp3) is 0. The molecule has 0 saturated heterocycles. The van der Waals surface area contributed by atoms with Gasteiger partial charge in [0.05, 0.1) is 11.0 Å². The molecule has 2 heteroatoms. The van der Waals surface area contributed by atoms with E-state index in [1.807, 2.05) is 36.4 Å². The number of hydrogen-bond acceptors (Lipinski definition) is 0. The van der Waals surface area contributed by atoms with Gasteiger partial charge in [0.2, 0.25) is 0 Å². The molecular formula is C64H39NSe. The van der Waals surface area contributed by atoms with E-state index >= 15 is 0 Å². The van der Waals surface area contributed by atoms with E-state index in [0.29, 0.717) is 5.56 Å². The van der Waals surface area contributed by atoms with Crippen LogP contribution in [-0.4, -0.2) is 19.1 Å². The summed E-state index contributed by atoms with van der Waals surface area (Å²) in [6.45, 7) is 0. The van der Waals surface area contributed by atoms with Crippen molar-refractivity contribution < 1.29 is 6.85 Å². The molecule has 306 valence electrons. The van der Waals surface area contributed by atoms with Crippen molar-refractivity contribution in [3.8, 4) is 50.2 Å². The molecule has 0 aliphatic heterocycles. The van der Waals surface area contributed by atoms with E-state index in [2.05, 4.69) is 174 Å². The molecule has 0 N–H and O–H groups in total. The first kappa shape index (κ1) is 32.6. The summed E-state index contributed by atoms with van der Waals surface area (Å²) < 4.78 is 48.8. The van der Waals surface area contributed by atoms with E-state index in [1.165, 1.54) is 79.3 Å². The van der Waals surface area contributed by atoms with Crippen LogP contribution in [0.2, 0.25) is 0 Å². The zero-order valence-corrected chi connectivity index (χ0v) is 37.2. The number of para-hydroxylation sites is 2. The standard InChI is InChI=1S/C64H39NSe/c1-2-17-40(18-3-1)60-50-25-8-10-27-52(50)63(53-28-11-9-26-51(53)60)54-29-16-32-59-64(54)55-39-42(35-38-58(55)66-59)62-48-23-6-4-21-46(48)61(47-22-5-7-24-49(47)62)41-33-36-43(37-34-41)65-56-30-14-12-19-44(56)45-20-13-15-31-57(45)65/h1-39H/i1D,2D,3D,17D,18D. The van der Waals surface area contributed by atoms with Crippen molar-refractivity contribution in [2.75, 3.05) is 0 Å². The molecule has 0 radical (unpaired) electrons. The van der Waals surface area contributed by atoms with E-state index in [-0.39, 0.29) is 44.2 Å². The Kier molecular flexibility index (Phi) is 7.30. The molecule has 66 heavy (non-hydrogen) atoms. The SMILES string of the molecule is [2H]c1c([2H])c([2H])c(-c2c3ccccc3c(-c3cccc4[se]c5ccc(-c6c7ccccc7c(-c7ccc(-n8c9ccccc9c9ccccc98)cc7)c7ccccc67)cc5c34)c3ccccc23)c([2H])c1[2H]. The van der Waals surface area contributed by atoms with E-state index in [9.17, 15) is 0 Å². The van der Waals surface area contributed by atoms with Crippen LogP contribution < -0.4 is 0 Å². The van der Waals surface area contributed by atoms with Crippen LogP contribution in [0.25, 0.3) is 134 Å². The Balaban J connectivity index is 0.978. The van der Waals surface area contributed by atoms with Crippen molar-refractivity contribution in [1.82, 2.24) is 4.57 Å². The number of fused-ring (bicyclic) bond motifs is 10. The van der Waals surface area contributed by atoms with Gasteiger partial charge >= 0.3 is 322 Å². The monoisotopic (exact) mass is 906 g/mol. The van der Waals surface area contributed by atoms with Gasteiger partial charge in [0.1, 0.15) is 0 Å². The predicted molar refractivity (Wildman–Crippen MR) is 285 cm³/mol. The second-order valence-corrected chi connectivity index (χ2v) is 19.4. The molecule has 0 fully saturated rings. The van der Waals surface area contributed by atoms with Crippen molar-refractivity contribution in [2.24, 2.45) is 0 Å². The van der Waals surface area contributed by atoms with E-state index in [1.54, 1.807) is 0 Å². The molecular weight excluding hydrogens is 862 g/mol. The van der Waals surface area contributed by atoms with E-state index in [4.69, 9.17) is 6.85 Å². The van der Waals surface area contributed by atoms with Gasteiger partial charge in [0, 0.05) is 10.8 Å². The van der Waals surface area contributed by atoms with Gasteiger partial charge in [-0.1, -0.05) is 36.4 Å². The molecule has 0 aliphatic rings. The molecule has 0 spiro atoms. The first-order valence-corrected chi connectivity index (χ1v) is 24.1. The molecule has 14 rings (SSSR count). The fourth-order valence-corrected chi connectivity index (χ4v) is 13.3. The van der Waals surface area contributed by atoms with Gasteiger partial charge in [-0.25, -0.2) is 0 Å². The van der Waals surface area contributed by atoms with Gasteiger partial charge < -0.3 is 4.57 Å². The quantitative estimate of drug-likeness (QED) is 0.120. The molecule has 2 heterocycles. The minimum atomic E-state index is -0.396. The maximum absolute atomic E-state index is 9.08. The van der Waals surface area contributed by atoms with Crippen molar-refractivity contribution in [3.05, 3.63) is 236 Å². The Morgan fingerprint density at radius 2 is 0.758 bits per heavy atom. The van der Waals surface area contributed by atoms with Crippen molar-refractivity contribution >= 4 is 98.7 Å². The zero-order chi connectivity index (χ0) is 47.6. The number of benzene rings is 12. The summed E-state index contributed by atoms with van der Waals surface area (Å²) in [6, 6.07) is 72.7. The third-order valence-corrected chi connectivity index (χ3v) is 16.0. The first-order chi connectivity index (χ1) is 34.9. The van der Waals surface area contributed by atoms with E-state index in [0.717, 1.165) is 43.9 Å². The van der Waals surface area contributed by atoms with Crippen LogP contribution in [0.1, 0.15) is 6.85 Å². The van der Waals surface area contributed by atoms with Crippen molar-refractivity contribution in [3.63, 3.8) is 0 Å². The third kappa shape index (κ3) is 5.53. The molecule has 0 saturated carbocycles. The molecule has 12 aromatic carbocycles. The van der Waals surface area contributed by atoms with Gasteiger partial charge in [-0.05, 0) is 12.1 Å². The van der Waals surface area contributed by atoms with Crippen molar-refractivity contribution in [2.45, 2.75) is 0 Å². The molecule has 14 aromatic rings. The molecule has 0 atom stereocenters. The molecule has 0 bridgehead atoms. The molecule has 0 aliphatic carbocycles. The summed E-state index contributed by atoms with van der Waals surface area (Å²) in [5, 5.41) is 13.4. The Hall–Kier alpha value is -8.00. The minimum absolute atomic E-state index is 0.0669. The van der Waals surface area contributed by atoms with Crippen LogP contribution in [-0.2, 0) is 0 Å². The number of aromatic nitrogens is 1. The normalized spacial score (nSPS) is 13.0. The van der Waals surface area contributed by atoms with Gasteiger partial charge in [0.15, 0.2) is 0 Å². The summed E-state index contributed by atoms with van der Waals surface area (Å²) in [5.41, 5.74) is 11.3. The van der Waals surface area contributed by atoms with Crippen LogP contribution in [0.15, 0.2) is 236 Å². The summed E-state index contributed by atoms with van der Waals surface area (Å²) in [5.74, 6) is 0. The van der Waals surface area contributed by atoms with Gasteiger partial charge in [-0.2, -0.15) is 0 Å². The van der Waals surface area contributed by atoms with Gasteiger partial charge in [-0.15, -0.1) is 0 Å². The van der Waals surface area contributed by atoms with Crippen LogP contribution in [0, 0.1) is 0 Å². The topological polar surface area (TPSA) is 4.93 Å². The number of hydrogen-bond donors (Lipinski definition) is 0. The second-order valence-electron chi connectivity index (χ2n) is 17.1. The Labute approximate surface area is 394 Å². The average Bonchev–Trinajstić information content (AvgIpc) is 3.97. The van der Waals surface area contributed by atoms with Crippen LogP contribution in [0.3, 0.4) is 0 Å². The number of rotatable bonds is 5. The average molecular weight is 906 g/mol. The Morgan fingerprint density at radius 3 is 1.29 bits per heavy atom. The van der Waals surface area contributed by atoms with Crippen LogP contribution in [0.5, 0.6) is 0 Å². The number of nitrogens with zero attached hydrogens (tertiary/aromatic N) is 1. The predicted octanol–water partition coefficient (Wildman–Crippen LogP) is 17.4. The maximum atomic E-state index is 9.08. The van der Waals surface area contributed by atoms with Crippen molar-refractivity contribution in [1.29, 1.82) is 0 Å².